The molecule has 0 radical (unpaired) electrons. The van der Waals surface area contributed by atoms with Crippen molar-refractivity contribution in [2.75, 3.05) is 6.61 Å². The summed E-state index contributed by atoms with van der Waals surface area (Å²) in [7, 11) is 0. The average Bonchev–Trinajstić information content (AvgIpc) is 2.91. The van der Waals surface area contributed by atoms with E-state index >= 15 is 0 Å². The van der Waals surface area contributed by atoms with E-state index in [4.69, 9.17) is 4.74 Å². The molecule has 0 amide bonds. The van der Waals surface area contributed by atoms with Crippen LogP contribution < -0.4 is 0 Å². The van der Waals surface area contributed by atoms with E-state index in [0.717, 1.165) is 21.8 Å². The minimum absolute atomic E-state index is 0.596. The molecule has 1 N–H and O–H groups in total. The zero-order chi connectivity index (χ0) is 12.5. The Bertz CT molecular complexity index is 624. The van der Waals surface area contributed by atoms with Crippen molar-refractivity contribution in [1.29, 1.82) is 0 Å². The molecule has 1 unspecified atom stereocenters. The molecule has 0 saturated carbocycles. The van der Waals surface area contributed by atoms with Gasteiger partial charge in [0.1, 0.15) is 5.76 Å². The largest absolute Gasteiger partial charge is 0.495 e. The SMILES string of the molecule is OC(C1=CCCO1)c1nc2ccccc2cc1Br. The van der Waals surface area contributed by atoms with E-state index in [0.29, 0.717) is 18.1 Å². The van der Waals surface area contributed by atoms with E-state index in [-0.39, 0.29) is 0 Å². The fourth-order valence-corrected chi connectivity index (χ4v) is 2.61. The number of pyridine rings is 1. The van der Waals surface area contributed by atoms with E-state index < -0.39 is 6.10 Å². The summed E-state index contributed by atoms with van der Waals surface area (Å²) in [5.74, 6) is 0.596. The lowest BCUT2D eigenvalue weighted by Crippen LogP contribution is -2.06. The van der Waals surface area contributed by atoms with Gasteiger partial charge in [-0.05, 0) is 34.1 Å². The number of rotatable bonds is 2. The van der Waals surface area contributed by atoms with Gasteiger partial charge in [0.2, 0.25) is 0 Å². The van der Waals surface area contributed by atoms with Gasteiger partial charge in [0.05, 0.1) is 17.8 Å². The first-order chi connectivity index (χ1) is 8.75. The molecule has 3 nitrogen and oxygen atoms in total. The summed E-state index contributed by atoms with van der Waals surface area (Å²) in [6.07, 6.45) is 1.96. The maximum Gasteiger partial charge on any atom is 0.154 e. The molecular formula is C14H12BrNO2. The number of benzene rings is 1. The summed E-state index contributed by atoms with van der Waals surface area (Å²) in [4.78, 5) is 4.50. The van der Waals surface area contributed by atoms with Crippen LogP contribution in [0, 0.1) is 0 Å². The third-order valence-electron chi connectivity index (χ3n) is 2.97. The standard InChI is InChI=1S/C14H12BrNO2/c15-10-8-9-4-1-2-5-11(9)16-13(10)14(17)12-6-3-7-18-12/h1-2,4-6,8,14,17H,3,7H2. The normalized spacial score (nSPS) is 16.4. The van der Waals surface area contributed by atoms with Crippen molar-refractivity contribution in [1.82, 2.24) is 4.98 Å². The number of aliphatic hydroxyl groups is 1. The summed E-state index contributed by atoms with van der Waals surface area (Å²) in [5, 5.41) is 11.3. The Labute approximate surface area is 113 Å². The van der Waals surface area contributed by atoms with Gasteiger partial charge in [-0.1, -0.05) is 18.2 Å². The molecule has 0 spiro atoms. The van der Waals surface area contributed by atoms with E-state index in [2.05, 4.69) is 20.9 Å². The zero-order valence-electron chi connectivity index (χ0n) is 9.64. The first-order valence-corrected chi connectivity index (χ1v) is 6.61. The highest BCUT2D eigenvalue weighted by Crippen LogP contribution is 2.31. The third-order valence-corrected chi connectivity index (χ3v) is 3.60. The van der Waals surface area contributed by atoms with Gasteiger partial charge in [-0.25, -0.2) is 4.98 Å². The Morgan fingerprint density at radius 2 is 2.17 bits per heavy atom. The number of hydrogen-bond acceptors (Lipinski definition) is 3. The molecule has 3 rings (SSSR count). The molecule has 0 bridgehead atoms. The van der Waals surface area contributed by atoms with Crippen LogP contribution in [0.4, 0.5) is 0 Å². The van der Waals surface area contributed by atoms with Gasteiger partial charge in [0, 0.05) is 16.3 Å². The molecule has 2 heterocycles. The Morgan fingerprint density at radius 1 is 1.33 bits per heavy atom. The fourth-order valence-electron chi connectivity index (χ4n) is 2.06. The number of fused-ring (bicyclic) bond motifs is 1. The van der Waals surface area contributed by atoms with Gasteiger partial charge in [-0.15, -0.1) is 0 Å². The zero-order valence-corrected chi connectivity index (χ0v) is 11.2. The van der Waals surface area contributed by atoms with Crippen LogP contribution in [0.25, 0.3) is 10.9 Å². The molecule has 0 fully saturated rings. The van der Waals surface area contributed by atoms with E-state index in [1.807, 2.05) is 36.4 Å². The highest BCUT2D eigenvalue weighted by molar-refractivity contribution is 9.10. The van der Waals surface area contributed by atoms with Crippen molar-refractivity contribution in [3.05, 3.63) is 52.3 Å². The van der Waals surface area contributed by atoms with E-state index in [9.17, 15) is 5.11 Å². The lowest BCUT2D eigenvalue weighted by Gasteiger charge is -2.14. The summed E-state index contributed by atoms with van der Waals surface area (Å²) in [6.45, 7) is 0.637. The Hall–Kier alpha value is -1.39. The molecule has 1 atom stereocenters. The predicted molar refractivity (Wildman–Crippen MR) is 73.1 cm³/mol. The Balaban J connectivity index is 2.08. The monoisotopic (exact) mass is 305 g/mol. The minimum Gasteiger partial charge on any atom is -0.495 e. The van der Waals surface area contributed by atoms with Gasteiger partial charge in [0.15, 0.2) is 6.10 Å². The molecule has 1 aromatic heterocycles. The number of nitrogens with zero attached hydrogens (tertiary/aromatic N) is 1. The molecule has 0 aliphatic carbocycles. The van der Waals surface area contributed by atoms with Crippen LogP contribution in [0.2, 0.25) is 0 Å². The maximum absolute atomic E-state index is 10.3. The van der Waals surface area contributed by atoms with Crippen LogP contribution in [0.1, 0.15) is 18.2 Å². The molecule has 92 valence electrons. The second-order valence-corrected chi connectivity index (χ2v) is 5.05. The summed E-state index contributed by atoms with van der Waals surface area (Å²) in [5.41, 5.74) is 1.47. The van der Waals surface area contributed by atoms with Gasteiger partial charge >= 0.3 is 0 Å². The van der Waals surface area contributed by atoms with Crippen LogP contribution in [0.15, 0.2) is 46.6 Å². The van der Waals surface area contributed by atoms with Gasteiger partial charge < -0.3 is 9.84 Å². The van der Waals surface area contributed by atoms with Gasteiger partial charge in [-0.2, -0.15) is 0 Å². The van der Waals surface area contributed by atoms with Crippen molar-refractivity contribution in [3.8, 4) is 0 Å². The van der Waals surface area contributed by atoms with Crippen molar-refractivity contribution < 1.29 is 9.84 Å². The quantitative estimate of drug-likeness (QED) is 0.925. The second kappa shape index (κ2) is 4.71. The maximum atomic E-state index is 10.3. The van der Waals surface area contributed by atoms with Gasteiger partial charge in [-0.3, -0.25) is 0 Å². The van der Waals surface area contributed by atoms with Crippen LogP contribution in [0.3, 0.4) is 0 Å². The Kier molecular flexibility index (Phi) is 3.06. The predicted octanol–water partition coefficient (Wildman–Crippen LogP) is 3.33. The molecule has 4 heteroatoms. The van der Waals surface area contributed by atoms with E-state index in [1.165, 1.54) is 0 Å². The fraction of sp³-hybridized carbons (Fsp3) is 0.214. The average molecular weight is 306 g/mol. The summed E-state index contributed by atoms with van der Waals surface area (Å²) in [6, 6.07) is 9.80. The topological polar surface area (TPSA) is 42.4 Å². The molecule has 0 saturated heterocycles. The number of para-hydroxylation sites is 1. The van der Waals surface area contributed by atoms with Crippen molar-refractivity contribution in [3.63, 3.8) is 0 Å². The van der Waals surface area contributed by atoms with Crippen LogP contribution in [-0.4, -0.2) is 16.7 Å². The minimum atomic E-state index is -0.800. The van der Waals surface area contributed by atoms with Crippen LogP contribution in [-0.2, 0) is 4.74 Å². The molecular weight excluding hydrogens is 294 g/mol. The number of aromatic nitrogens is 1. The number of halogens is 1. The van der Waals surface area contributed by atoms with Crippen LogP contribution >= 0.6 is 15.9 Å². The molecule has 1 aromatic carbocycles. The van der Waals surface area contributed by atoms with Gasteiger partial charge in [0.25, 0.3) is 0 Å². The number of aliphatic hydroxyl groups excluding tert-OH is 1. The van der Waals surface area contributed by atoms with Crippen molar-refractivity contribution in [2.24, 2.45) is 0 Å². The van der Waals surface area contributed by atoms with Crippen LogP contribution in [0.5, 0.6) is 0 Å². The van der Waals surface area contributed by atoms with E-state index in [1.54, 1.807) is 0 Å². The molecule has 2 aromatic rings. The lowest BCUT2D eigenvalue weighted by atomic mass is 10.1. The second-order valence-electron chi connectivity index (χ2n) is 4.19. The van der Waals surface area contributed by atoms with Crippen molar-refractivity contribution >= 4 is 26.8 Å². The smallest absolute Gasteiger partial charge is 0.154 e. The number of ether oxygens (including phenoxy) is 1. The summed E-state index contributed by atoms with van der Waals surface area (Å²) >= 11 is 3.46. The summed E-state index contributed by atoms with van der Waals surface area (Å²) < 4.78 is 6.18. The van der Waals surface area contributed by atoms with Crippen molar-refractivity contribution in [2.45, 2.75) is 12.5 Å². The molecule has 18 heavy (non-hydrogen) atoms. The highest BCUT2D eigenvalue weighted by Gasteiger charge is 2.22. The number of hydrogen-bond donors (Lipinski definition) is 1. The first kappa shape index (κ1) is 11.7. The molecule has 1 aliphatic heterocycles. The molecule has 1 aliphatic rings. The lowest BCUT2D eigenvalue weighted by molar-refractivity contribution is 0.116. The first-order valence-electron chi connectivity index (χ1n) is 5.82. The Morgan fingerprint density at radius 3 is 2.94 bits per heavy atom. The highest BCUT2D eigenvalue weighted by atomic mass is 79.9. The third kappa shape index (κ3) is 2.02.